The van der Waals surface area contributed by atoms with Crippen LogP contribution in [0.1, 0.15) is 31.2 Å². The van der Waals surface area contributed by atoms with Crippen molar-refractivity contribution < 1.29 is 4.79 Å². The topological polar surface area (TPSA) is 55.1 Å². The van der Waals surface area contributed by atoms with E-state index in [2.05, 4.69) is 29.6 Å². The second-order valence-electron chi connectivity index (χ2n) is 5.98. The fourth-order valence-electron chi connectivity index (χ4n) is 3.13. The van der Waals surface area contributed by atoms with Crippen LogP contribution in [0.2, 0.25) is 0 Å². The quantitative estimate of drug-likeness (QED) is 0.909. The molecule has 3 heteroatoms. The van der Waals surface area contributed by atoms with Crippen molar-refractivity contribution >= 4 is 16.7 Å². The molecule has 1 fully saturated rings. The highest BCUT2D eigenvalue weighted by molar-refractivity contribution is 5.85. The van der Waals surface area contributed by atoms with Crippen molar-refractivity contribution in [1.82, 2.24) is 5.32 Å². The summed E-state index contributed by atoms with van der Waals surface area (Å²) in [5.41, 5.74) is 7.13. The number of carbonyl (C=O) groups is 1. The Balaban J connectivity index is 1.65. The first kappa shape index (κ1) is 14.1. The van der Waals surface area contributed by atoms with E-state index in [1.807, 2.05) is 18.2 Å². The van der Waals surface area contributed by atoms with Gasteiger partial charge in [0.15, 0.2) is 0 Å². The van der Waals surface area contributed by atoms with Crippen molar-refractivity contribution in [3.05, 3.63) is 48.0 Å². The predicted molar refractivity (Wildman–Crippen MR) is 86.0 cm³/mol. The third-order valence-corrected chi connectivity index (χ3v) is 4.34. The molecule has 2 aromatic rings. The molecule has 0 spiro atoms. The second-order valence-corrected chi connectivity index (χ2v) is 5.98. The van der Waals surface area contributed by atoms with Gasteiger partial charge in [0.25, 0.3) is 0 Å². The van der Waals surface area contributed by atoms with E-state index >= 15 is 0 Å². The van der Waals surface area contributed by atoms with E-state index in [0.29, 0.717) is 6.42 Å². The molecule has 1 amide bonds. The van der Waals surface area contributed by atoms with Crippen LogP contribution < -0.4 is 11.1 Å². The largest absolute Gasteiger partial charge is 0.352 e. The van der Waals surface area contributed by atoms with E-state index in [1.54, 1.807) is 0 Å². The lowest BCUT2D eigenvalue weighted by atomic mass is 9.91. The van der Waals surface area contributed by atoms with Crippen LogP contribution in [0.5, 0.6) is 0 Å². The van der Waals surface area contributed by atoms with Crippen LogP contribution >= 0.6 is 0 Å². The number of rotatable bonds is 3. The number of hydrogen-bond donors (Lipinski definition) is 2. The first-order chi connectivity index (χ1) is 10.2. The Bertz CT molecular complexity index is 638. The molecule has 0 aliphatic heterocycles. The number of hydrogen-bond acceptors (Lipinski definition) is 2. The highest BCUT2D eigenvalue weighted by Crippen LogP contribution is 2.18. The Morgan fingerprint density at radius 3 is 2.67 bits per heavy atom. The third kappa shape index (κ3) is 3.42. The van der Waals surface area contributed by atoms with Crippen LogP contribution in [-0.2, 0) is 11.2 Å². The van der Waals surface area contributed by atoms with E-state index in [9.17, 15) is 4.79 Å². The zero-order valence-electron chi connectivity index (χ0n) is 12.2. The summed E-state index contributed by atoms with van der Waals surface area (Å²) >= 11 is 0. The van der Waals surface area contributed by atoms with E-state index < -0.39 is 0 Å². The molecule has 0 saturated heterocycles. The van der Waals surface area contributed by atoms with Crippen LogP contribution in [-0.4, -0.2) is 18.0 Å². The van der Waals surface area contributed by atoms with Gasteiger partial charge in [0.1, 0.15) is 0 Å². The van der Waals surface area contributed by atoms with E-state index in [0.717, 1.165) is 24.8 Å². The third-order valence-electron chi connectivity index (χ3n) is 4.34. The molecule has 1 aliphatic carbocycles. The normalized spacial score (nSPS) is 22.1. The minimum atomic E-state index is 0.0765. The molecule has 0 unspecified atom stereocenters. The van der Waals surface area contributed by atoms with Gasteiger partial charge in [-0.1, -0.05) is 55.3 Å². The lowest BCUT2D eigenvalue weighted by Crippen LogP contribution is -2.49. The number of nitrogens with one attached hydrogen (secondary N) is 1. The Morgan fingerprint density at radius 2 is 1.86 bits per heavy atom. The molecule has 0 bridgehead atoms. The standard InChI is InChI=1S/C18H22N2O/c19-16-7-3-4-8-17(16)20-18(21)12-13-9-10-14-5-1-2-6-15(14)11-13/h1-2,5-6,9-11,16-17H,3-4,7-8,12,19H2,(H,20,21)/t16-,17-/m1/s1. The Kier molecular flexibility index (Phi) is 4.20. The molecular formula is C18H22N2O. The van der Waals surface area contributed by atoms with Crippen molar-refractivity contribution in [1.29, 1.82) is 0 Å². The van der Waals surface area contributed by atoms with Crippen LogP contribution in [0.4, 0.5) is 0 Å². The summed E-state index contributed by atoms with van der Waals surface area (Å²) in [7, 11) is 0. The number of nitrogens with two attached hydrogens (primary N) is 1. The number of fused-ring (bicyclic) bond motifs is 1. The summed E-state index contributed by atoms with van der Waals surface area (Å²) in [6.45, 7) is 0. The van der Waals surface area contributed by atoms with Crippen molar-refractivity contribution in [2.24, 2.45) is 5.73 Å². The molecule has 110 valence electrons. The van der Waals surface area contributed by atoms with Gasteiger partial charge in [0.05, 0.1) is 6.42 Å². The van der Waals surface area contributed by atoms with E-state index in [-0.39, 0.29) is 18.0 Å². The predicted octanol–water partition coefficient (Wildman–Crippen LogP) is 2.77. The molecule has 0 radical (unpaired) electrons. The first-order valence-corrected chi connectivity index (χ1v) is 7.75. The van der Waals surface area contributed by atoms with Crippen LogP contribution in [0.25, 0.3) is 10.8 Å². The van der Waals surface area contributed by atoms with Gasteiger partial charge < -0.3 is 11.1 Å². The van der Waals surface area contributed by atoms with Crippen LogP contribution in [0, 0.1) is 0 Å². The maximum absolute atomic E-state index is 12.2. The number of amides is 1. The van der Waals surface area contributed by atoms with Crippen molar-refractivity contribution in [3.8, 4) is 0 Å². The van der Waals surface area contributed by atoms with E-state index in [1.165, 1.54) is 17.2 Å². The molecule has 0 aromatic heterocycles. The molecule has 21 heavy (non-hydrogen) atoms. The Labute approximate surface area is 125 Å². The van der Waals surface area contributed by atoms with Gasteiger partial charge in [-0.3, -0.25) is 4.79 Å². The average molecular weight is 282 g/mol. The smallest absolute Gasteiger partial charge is 0.224 e. The molecule has 1 aliphatic rings. The summed E-state index contributed by atoms with van der Waals surface area (Å²) < 4.78 is 0. The highest BCUT2D eigenvalue weighted by atomic mass is 16.1. The lowest BCUT2D eigenvalue weighted by Gasteiger charge is -2.29. The van der Waals surface area contributed by atoms with Gasteiger partial charge in [0, 0.05) is 12.1 Å². The van der Waals surface area contributed by atoms with Crippen molar-refractivity contribution in [2.75, 3.05) is 0 Å². The Hall–Kier alpha value is -1.87. The molecule has 0 heterocycles. The molecule has 3 nitrogen and oxygen atoms in total. The van der Waals surface area contributed by atoms with Gasteiger partial charge in [-0.2, -0.15) is 0 Å². The summed E-state index contributed by atoms with van der Waals surface area (Å²) in [5.74, 6) is 0.0765. The van der Waals surface area contributed by atoms with Gasteiger partial charge in [0.2, 0.25) is 5.91 Å². The zero-order valence-corrected chi connectivity index (χ0v) is 12.2. The maximum Gasteiger partial charge on any atom is 0.224 e. The molecule has 2 aromatic carbocycles. The number of benzene rings is 2. The van der Waals surface area contributed by atoms with Gasteiger partial charge in [-0.25, -0.2) is 0 Å². The summed E-state index contributed by atoms with van der Waals surface area (Å²) in [6.07, 6.45) is 4.78. The minimum Gasteiger partial charge on any atom is -0.352 e. The second kappa shape index (κ2) is 6.27. The fraction of sp³-hybridized carbons (Fsp3) is 0.389. The monoisotopic (exact) mass is 282 g/mol. The molecular weight excluding hydrogens is 260 g/mol. The number of carbonyl (C=O) groups excluding carboxylic acids is 1. The highest BCUT2D eigenvalue weighted by Gasteiger charge is 2.23. The van der Waals surface area contributed by atoms with Crippen molar-refractivity contribution in [2.45, 2.75) is 44.2 Å². The van der Waals surface area contributed by atoms with E-state index in [4.69, 9.17) is 5.73 Å². The fourth-order valence-corrected chi connectivity index (χ4v) is 3.13. The lowest BCUT2D eigenvalue weighted by molar-refractivity contribution is -0.121. The Morgan fingerprint density at radius 1 is 1.10 bits per heavy atom. The van der Waals surface area contributed by atoms with Crippen molar-refractivity contribution in [3.63, 3.8) is 0 Å². The zero-order chi connectivity index (χ0) is 14.7. The van der Waals surface area contributed by atoms with Gasteiger partial charge >= 0.3 is 0 Å². The SMILES string of the molecule is N[C@@H]1CCCC[C@H]1NC(=O)Cc1ccc2ccccc2c1. The van der Waals surface area contributed by atoms with Crippen LogP contribution in [0.3, 0.4) is 0 Å². The van der Waals surface area contributed by atoms with Gasteiger partial charge in [-0.05, 0) is 29.2 Å². The first-order valence-electron chi connectivity index (χ1n) is 7.75. The minimum absolute atomic E-state index is 0.0765. The summed E-state index contributed by atoms with van der Waals surface area (Å²) in [6, 6.07) is 14.7. The molecule has 3 rings (SSSR count). The molecule has 2 atom stereocenters. The molecule has 3 N–H and O–H groups in total. The summed E-state index contributed by atoms with van der Waals surface area (Å²) in [5, 5.41) is 5.48. The summed E-state index contributed by atoms with van der Waals surface area (Å²) in [4.78, 5) is 12.2. The van der Waals surface area contributed by atoms with Crippen LogP contribution in [0.15, 0.2) is 42.5 Å². The maximum atomic E-state index is 12.2. The van der Waals surface area contributed by atoms with Gasteiger partial charge in [-0.15, -0.1) is 0 Å². The average Bonchev–Trinajstić information content (AvgIpc) is 2.49. The molecule has 1 saturated carbocycles.